The molecule has 1 aromatic carbocycles. The van der Waals surface area contributed by atoms with Gasteiger partial charge in [-0.05, 0) is 26.0 Å². The maximum Gasteiger partial charge on any atom is 0.258 e. The van der Waals surface area contributed by atoms with Crippen molar-refractivity contribution in [2.75, 3.05) is 30.4 Å². The van der Waals surface area contributed by atoms with Crippen LogP contribution in [0.1, 0.15) is 24.2 Å². The summed E-state index contributed by atoms with van der Waals surface area (Å²) >= 11 is 0. The fraction of sp³-hybridized carbons (Fsp3) is 0.312. The summed E-state index contributed by atoms with van der Waals surface area (Å²) in [5, 5.41) is 2.80. The van der Waals surface area contributed by atoms with E-state index in [0.717, 1.165) is 13.1 Å². The van der Waals surface area contributed by atoms with Gasteiger partial charge < -0.3 is 15.0 Å². The van der Waals surface area contributed by atoms with Gasteiger partial charge in [0, 0.05) is 37.2 Å². The van der Waals surface area contributed by atoms with Crippen molar-refractivity contribution in [1.29, 1.82) is 0 Å². The van der Waals surface area contributed by atoms with Gasteiger partial charge in [0.1, 0.15) is 5.75 Å². The summed E-state index contributed by atoms with van der Waals surface area (Å²) in [6.07, 6.45) is 3.08. The number of amides is 1. The van der Waals surface area contributed by atoms with Gasteiger partial charge in [0.25, 0.3) is 5.91 Å². The quantitative estimate of drug-likeness (QED) is 0.888. The van der Waals surface area contributed by atoms with E-state index >= 15 is 0 Å². The summed E-state index contributed by atoms with van der Waals surface area (Å²) in [4.78, 5) is 22.7. The Balaban J connectivity index is 2.09. The second-order valence-corrected chi connectivity index (χ2v) is 4.63. The molecule has 6 heteroatoms. The van der Waals surface area contributed by atoms with Crippen molar-refractivity contribution in [2.45, 2.75) is 13.8 Å². The van der Waals surface area contributed by atoms with Crippen LogP contribution in [0.5, 0.6) is 5.75 Å². The zero-order valence-corrected chi connectivity index (χ0v) is 13.0. The SMILES string of the molecule is CCN(CC)c1ncc(C(=O)Nc2cccc(OC)c2)cn1. The van der Waals surface area contributed by atoms with Gasteiger partial charge in [-0.15, -0.1) is 0 Å². The van der Waals surface area contributed by atoms with E-state index in [2.05, 4.69) is 15.3 Å². The molecule has 1 N–H and O–H groups in total. The molecule has 1 heterocycles. The minimum Gasteiger partial charge on any atom is -0.497 e. The zero-order chi connectivity index (χ0) is 15.9. The molecule has 2 aromatic rings. The molecule has 0 saturated carbocycles. The molecule has 6 nitrogen and oxygen atoms in total. The first kappa shape index (κ1) is 15.8. The maximum atomic E-state index is 12.2. The van der Waals surface area contributed by atoms with Crippen LogP contribution >= 0.6 is 0 Å². The number of rotatable bonds is 6. The Morgan fingerprint density at radius 1 is 1.23 bits per heavy atom. The molecule has 116 valence electrons. The molecule has 0 radical (unpaired) electrons. The third kappa shape index (κ3) is 3.72. The lowest BCUT2D eigenvalue weighted by atomic mass is 10.2. The number of hydrogen-bond donors (Lipinski definition) is 1. The van der Waals surface area contributed by atoms with E-state index in [0.29, 0.717) is 22.9 Å². The highest BCUT2D eigenvalue weighted by Crippen LogP contribution is 2.17. The van der Waals surface area contributed by atoms with E-state index < -0.39 is 0 Å². The van der Waals surface area contributed by atoms with Gasteiger partial charge in [-0.2, -0.15) is 0 Å². The Hall–Kier alpha value is -2.63. The number of anilines is 2. The van der Waals surface area contributed by atoms with Crippen molar-refractivity contribution >= 4 is 17.5 Å². The van der Waals surface area contributed by atoms with Gasteiger partial charge in [-0.25, -0.2) is 9.97 Å². The number of carbonyl (C=O) groups is 1. The van der Waals surface area contributed by atoms with Crippen LogP contribution in [0.25, 0.3) is 0 Å². The average molecular weight is 300 g/mol. The fourth-order valence-corrected chi connectivity index (χ4v) is 2.01. The van der Waals surface area contributed by atoms with Crippen LogP contribution in [-0.2, 0) is 0 Å². The number of methoxy groups -OCH3 is 1. The Morgan fingerprint density at radius 3 is 2.50 bits per heavy atom. The first-order chi connectivity index (χ1) is 10.7. The number of nitrogens with zero attached hydrogens (tertiary/aromatic N) is 3. The van der Waals surface area contributed by atoms with Crippen molar-refractivity contribution in [3.8, 4) is 5.75 Å². The van der Waals surface area contributed by atoms with E-state index in [1.807, 2.05) is 30.9 Å². The molecule has 0 saturated heterocycles. The topological polar surface area (TPSA) is 67.4 Å². The predicted molar refractivity (Wildman–Crippen MR) is 86.5 cm³/mol. The molecule has 22 heavy (non-hydrogen) atoms. The molecule has 0 aliphatic carbocycles. The number of nitrogens with one attached hydrogen (secondary N) is 1. The van der Waals surface area contributed by atoms with Crippen molar-refractivity contribution in [1.82, 2.24) is 9.97 Å². The largest absolute Gasteiger partial charge is 0.497 e. The molecule has 1 aromatic heterocycles. The lowest BCUT2D eigenvalue weighted by Gasteiger charge is -2.18. The number of aromatic nitrogens is 2. The molecule has 0 unspecified atom stereocenters. The lowest BCUT2D eigenvalue weighted by Crippen LogP contribution is -2.24. The van der Waals surface area contributed by atoms with Crippen LogP contribution in [0.2, 0.25) is 0 Å². The van der Waals surface area contributed by atoms with E-state index in [-0.39, 0.29) is 5.91 Å². The van der Waals surface area contributed by atoms with Crippen molar-refractivity contribution < 1.29 is 9.53 Å². The molecular weight excluding hydrogens is 280 g/mol. The number of carbonyl (C=O) groups excluding carboxylic acids is 1. The normalized spacial score (nSPS) is 10.1. The summed E-state index contributed by atoms with van der Waals surface area (Å²) < 4.78 is 5.13. The molecule has 0 aliphatic rings. The van der Waals surface area contributed by atoms with E-state index in [9.17, 15) is 4.79 Å². The maximum absolute atomic E-state index is 12.2. The first-order valence-electron chi connectivity index (χ1n) is 7.20. The monoisotopic (exact) mass is 300 g/mol. The Labute approximate surface area is 130 Å². The molecule has 0 spiro atoms. The van der Waals surface area contributed by atoms with E-state index in [1.54, 1.807) is 19.2 Å². The number of hydrogen-bond acceptors (Lipinski definition) is 5. The highest BCUT2D eigenvalue weighted by atomic mass is 16.5. The lowest BCUT2D eigenvalue weighted by molar-refractivity contribution is 0.102. The molecule has 2 rings (SSSR count). The highest BCUT2D eigenvalue weighted by Gasteiger charge is 2.10. The Morgan fingerprint density at radius 2 is 1.91 bits per heavy atom. The van der Waals surface area contributed by atoms with Gasteiger partial charge in [-0.1, -0.05) is 6.07 Å². The van der Waals surface area contributed by atoms with E-state index in [4.69, 9.17) is 4.74 Å². The van der Waals surface area contributed by atoms with Crippen LogP contribution in [0, 0.1) is 0 Å². The second-order valence-electron chi connectivity index (χ2n) is 4.63. The third-order valence-electron chi connectivity index (χ3n) is 3.27. The van der Waals surface area contributed by atoms with Crippen LogP contribution in [0.4, 0.5) is 11.6 Å². The standard InChI is InChI=1S/C16H20N4O2/c1-4-20(5-2)16-17-10-12(11-18-16)15(21)19-13-7-6-8-14(9-13)22-3/h6-11H,4-5H2,1-3H3,(H,19,21). The molecular formula is C16H20N4O2. The Bertz CT molecular complexity index is 624. The summed E-state index contributed by atoms with van der Waals surface area (Å²) in [6, 6.07) is 7.18. The number of benzene rings is 1. The molecule has 0 fully saturated rings. The Kier molecular flexibility index (Phi) is 5.30. The van der Waals surface area contributed by atoms with Crippen molar-refractivity contribution in [2.24, 2.45) is 0 Å². The van der Waals surface area contributed by atoms with Crippen LogP contribution in [0.15, 0.2) is 36.7 Å². The van der Waals surface area contributed by atoms with Gasteiger partial charge in [0.2, 0.25) is 5.95 Å². The minimum atomic E-state index is -0.251. The van der Waals surface area contributed by atoms with Crippen molar-refractivity contribution in [3.05, 3.63) is 42.2 Å². The second kappa shape index (κ2) is 7.40. The van der Waals surface area contributed by atoms with Gasteiger partial charge in [-0.3, -0.25) is 4.79 Å². The van der Waals surface area contributed by atoms with Crippen LogP contribution < -0.4 is 15.0 Å². The summed E-state index contributed by atoms with van der Waals surface area (Å²) in [7, 11) is 1.58. The summed E-state index contributed by atoms with van der Waals surface area (Å²) in [6.45, 7) is 5.73. The fourth-order valence-electron chi connectivity index (χ4n) is 2.01. The zero-order valence-electron chi connectivity index (χ0n) is 13.0. The smallest absolute Gasteiger partial charge is 0.258 e. The van der Waals surface area contributed by atoms with Crippen molar-refractivity contribution in [3.63, 3.8) is 0 Å². The summed E-state index contributed by atoms with van der Waals surface area (Å²) in [5.74, 6) is 1.06. The summed E-state index contributed by atoms with van der Waals surface area (Å²) in [5.41, 5.74) is 1.08. The minimum absolute atomic E-state index is 0.251. The average Bonchev–Trinajstić information content (AvgIpc) is 2.56. The molecule has 0 atom stereocenters. The van der Waals surface area contributed by atoms with Crippen LogP contribution in [0.3, 0.4) is 0 Å². The third-order valence-corrected chi connectivity index (χ3v) is 3.27. The number of ether oxygens (including phenoxy) is 1. The van der Waals surface area contributed by atoms with Crippen LogP contribution in [-0.4, -0.2) is 36.1 Å². The van der Waals surface area contributed by atoms with E-state index in [1.165, 1.54) is 12.4 Å². The molecule has 0 bridgehead atoms. The predicted octanol–water partition coefficient (Wildman–Crippen LogP) is 2.58. The molecule has 1 amide bonds. The van der Waals surface area contributed by atoms with Gasteiger partial charge >= 0.3 is 0 Å². The first-order valence-corrected chi connectivity index (χ1v) is 7.20. The van der Waals surface area contributed by atoms with Gasteiger partial charge in [0.15, 0.2) is 0 Å². The molecule has 0 aliphatic heterocycles. The van der Waals surface area contributed by atoms with Gasteiger partial charge in [0.05, 0.1) is 12.7 Å². The highest BCUT2D eigenvalue weighted by molar-refractivity contribution is 6.03.